The van der Waals surface area contributed by atoms with Crippen LogP contribution in [-0.4, -0.2) is 85.9 Å². The monoisotopic (exact) mass is 587 g/mol. The van der Waals surface area contributed by atoms with Crippen molar-refractivity contribution in [3.8, 4) is 0 Å². The van der Waals surface area contributed by atoms with Crippen molar-refractivity contribution in [1.82, 2.24) is 25.2 Å². The fourth-order valence-electron chi connectivity index (χ4n) is 7.53. The minimum absolute atomic E-state index is 0.0155. The molecule has 10 nitrogen and oxygen atoms in total. The van der Waals surface area contributed by atoms with Crippen LogP contribution in [0, 0.1) is 11.8 Å². The molecule has 1 aromatic rings. The second-order valence-corrected chi connectivity index (χ2v) is 14.3. The number of likely N-dealkylation sites (tertiary alicyclic amines) is 1. The minimum Gasteiger partial charge on any atom is -0.349 e. The van der Waals surface area contributed by atoms with Crippen LogP contribution in [0.15, 0.2) is 24.3 Å². The fraction of sp³-hybridized carbons (Fsp3) is 0.700. The molecule has 0 spiro atoms. The van der Waals surface area contributed by atoms with Crippen LogP contribution in [0.4, 0.5) is 0 Å². The van der Waals surface area contributed by atoms with E-state index in [2.05, 4.69) is 28.1 Å². The van der Waals surface area contributed by atoms with E-state index in [-0.39, 0.29) is 36.2 Å². The van der Waals surface area contributed by atoms with Crippen LogP contribution in [-0.2, 0) is 30.8 Å². The number of rotatable bonds is 8. The molecular weight excluding hydrogens is 542 g/mol. The van der Waals surface area contributed by atoms with Gasteiger partial charge in [0.1, 0.15) is 6.04 Å². The van der Waals surface area contributed by atoms with Crippen LogP contribution in [0.2, 0.25) is 0 Å². The molecule has 3 fully saturated rings. The number of hydrogen-bond acceptors (Lipinski definition) is 6. The van der Waals surface area contributed by atoms with E-state index in [0.29, 0.717) is 13.0 Å². The third-order valence-electron chi connectivity index (χ3n) is 9.82. The normalized spacial score (nSPS) is 28.4. The second-order valence-electron chi connectivity index (χ2n) is 12.4. The lowest BCUT2D eigenvalue weighted by atomic mass is 9.83. The Labute approximate surface area is 244 Å². The fourth-order valence-corrected chi connectivity index (χ4v) is 8.69. The maximum atomic E-state index is 14.3. The third-order valence-corrected chi connectivity index (χ3v) is 11.1. The van der Waals surface area contributed by atoms with Gasteiger partial charge in [-0.25, -0.2) is 8.42 Å². The van der Waals surface area contributed by atoms with E-state index in [0.717, 1.165) is 56.9 Å². The Bertz CT molecular complexity index is 1250. The van der Waals surface area contributed by atoms with Crippen LogP contribution in [0.5, 0.6) is 0 Å². The highest BCUT2D eigenvalue weighted by Gasteiger charge is 2.56. The lowest BCUT2D eigenvalue weighted by Gasteiger charge is -2.36. The van der Waals surface area contributed by atoms with Crippen molar-refractivity contribution in [2.75, 3.05) is 26.4 Å². The molecule has 41 heavy (non-hydrogen) atoms. The topological polar surface area (TPSA) is 128 Å². The molecular formula is C30H45N5O5S. The molecule has 0 bridgehead atoms. The van der Waals surface area contributed by atoms with E-state index in [1.807, 2.05) is 12.1 Å². The number of carbonyl (C=O) groups excluding carboxylic acids is 3. The van der Waals surface area contributed by atoms with Crippen LogP contribution < -0.4 is 16.0 Å². The molecule has 5 rings (SSSR count). The number of sulfonamides is 1. The molecule has 2 aliphatic heterocycles. The van der Waals surface area contributed by atoms with Crippen molar-refractivity contribution in [2.24, 2.45) is 11.8 Å². The van der Waals surface area contributed by atoms with Gasteiger partial charge in [0.05, 0.1) is 30.3 Å². The number of fused-ring (bicyclic) bond motifs is 2. The summed E-state index contributed by atoms with van der Waals surface area (Å²) in [6.45, 7) is 2.17. The van der Waals surface area contributed by atoms with E-state index < -0.39 is 40.1 Å². The summed E-state index contributed by atoms with van der Waals surface area (Å²) < 4.78 is 27.1. The molecule has 4 aliphatic rings. The maximum absolute atomic E-state index is 14.3. The number of amides is 3. The zero-order valence-electron chi connectivity index (χ0n) is 24.5. The first kappa shape index (κ1) is 30.0. The zero-order valence-corrected chi connectivity index (χ0v) is 25.3. The van der Waals surface area contributed by atoms with E-state index in [9.17, 15) is 22.8 Å². The first-order valence-electron chi connectivity index (χ1n) is 15.2. The SMILES string of the molecule is CN[C@@H](C)C(=O)N[C@H](C(=O)N1CC[C@@H]2[C@H]1[C@@H](C(=O)N[C@@H]1CCCc3ccccc31)CN2S(C)(=O)=O)C1CCCCC1. The Balaban J connectivity index is 1.41. The first-order chi connectivity index (χ1) is 19.6. The summed E-state index contributed by atoms with van der Waals surface area (Å²) >= 11 is 0. The summed E-state index contributed by atoms with van der Waals surface area (Å²) in [5, 5.41) is 9.21. The van der Waals surface area contributed by atoms with Crippen LogP contribution in [0.3, 0.4) is 0 Å². The number of likely N-dealkylation sites (N-methyl/N-ethyl adjacent to an activating group) is 1. The Morgan fingerprint density at radius 3 is 2.44 bits per heavy atom. The molecule has 6 atom stereocenters. The van der Waals surface area contributed by atoms with Gasteiger partial charge in [-0.05, 0) is 69.5 Å². The molecule has 1 saturated carbocycles. The number of nitrogens with zero attached hydrogens (tertiary/aromatic N) is 2. The molecule has 3 N–H and O–H groups in total. The van der Waals surface area contributed by atoms with Crippen molar-refractivity contribution in [1.29, 1.82) is 0 Å². The predicted molar refractivity (Wildman–Crippen MR) is 156 cm³/mol. The maximum Gasteiger partial charge on any atom is 0.245 e. The Morgan fingerprint density at radius 2 is 1.73 bits per heavy atom. The summed E-state index contributed by atoms with van der Waals surface area (Å²) in [4.78, 5) is 42.9. The van der Waals surface area contributed by atoms with E-state index in [1.165, 1.54) is 16.1 Å². The number of hydrogen-bond donors (Lipinski definition) is 3. The van der Waals surface area contributed by atoms with Crippen molar-refractivity contribution < 1.29 is 22.8 Å². The summed E-state index contributed by atoms with van der Waals surface area (Å²) in [7, 11) is -1.88. The van der Waals surface area contributed by atoms with Crippen LogP contribution in [0.1, 0.15) is 75.5 Å². The standard InChI is InChI=1S/C30H45N5O5S/c1-19(31-2)28(36)33-26(21-11-5-4-6-12-21)30(38)34-17-16-25-27(34)23(18-35(25)41(3,39)40)29(37)32-24-15-9-13-20-10-7-8-14-22(20)24/h7-8,10,14,19,21,23-27,31H,4-6,9,11-13,15-18H2,1-3H3,(H,32,37)(H,33,36)/t19-,23-,24+,25+,26-,27+/m0/s1. The van der Waals surface area contributed by atoms with E-state index in [4.69, 9.17) is 0 Å². The van der Waals surface area contributed by atoms with Crippen molar-refractivity contribution >= 4 is 27.7 Å². The Hall–Kier alpha value is -2.50. The molecule has 0 aromatic heterocycles. The van der Waals surface area contributed by atoms with Gasteiger partial charge in [-0.1, -0.05) is 43.5 Å². The number of nitrogens with one attached hydrogen (secondary N) is 3. The Morgan fingerprint density at radius 1 is 1.00 bits per heavy atom. The van der Waals surface area contributed by atoms with Crippen LogP contribution >= 0.6 is 0 Å². The quantitative estimate of drug-likeness (QED) is 0.425. The summed E-state index contributed by atoms with van der Waals surface area (Å²) in [5.41, 5.74) is 2.34. The van der Waals surface area contributed by atoms with Gasteiger partial charge in [0.15, 0.2) is 0 Å². The predicted octanol–water partition coefficient (Wildman–Crippen LogP) is 1.71. The molecule has 3 amide bonds. The van der Waals surface area contributed by atoms with Crippen molar-refractivity contribution in [3.63, 3.8) is 0 Å². The van der Waals surface area contributed by atoms with Gasteiger partial charge in [-0.2, -0.15) is 4.31 Å². The molecule has 226 valence electrons. The third kappa shape index (κ3) is 6.17. The molecule has 2 aliphatic carbocycles. The lowest BCUT2D eigenvalue weighted by Crippen LogP contribution is -2.58. The Kier molecular flexibility index (Phi) is 9.06. The number of carbonyl (C=O) groups is 3. The lowest BCUT2D eigenvalue weighted by molar-refractivity contribution is -0.141. The average Bonchev–Trinajstić information content (AvgIpc) is 3.56. The number of benzene rings is 1. The average molecular weight is 588 g/mol. The summed E-state index contributed by atoms with van der Waals surface area (Å²) in [6.07, 6.45) is 9.24. The smallest absolute Gasteiger partial charge is 0.245 e. The van der Waals surface area contributed by atoms with Gasteiger partial charge in [-0.15, -0.1) is 0 Å². The molecule has 11 heteroatoms. The molecule has 0 unspecified atom stereocenters. The van der Waals surface area contributed by atoms with Gasteiger partial charge >= 0.3 is 0 Å². The molecule has 2 saturated heterocycles. The van der Waals surface area contributed by atoms with Gasteiger partial charge in [0.25, 0.3) is 0 Å². The molecule has 1 aromatic carbocycles. The zero-order chi connectivity index (χ0) is 29.3. The first-order valence-corrected chi connectivity index (χ1v) is 17.1. The van der Waals surface area contributed by atoms with Gasteiger partial charge in [0, 0.05) is 19.1 Å². The largest absolute Gasteiger partial charge is 0.349 e. The summed E-state index contributed by atoms with van der Waals surface area (Å²) in [5.74, 6) is -1.32. The minimum atomic E-state index is -3.59. The van der Waals surface area contributed by atoms with Gasteiger partial charge in [0.2, 0.25) is 27.7 Å². The van der Waals surface area contributed by atoms with Crippen molar-refractivity contribution in [2.45, 2.75) is 94.9 Å². The van der Waals surface area contributed by atoms with E-state index in [1.54, 1.807) is 18.9 Å². The van der Waals surface area contributed by atoms with Gasteiger partial charge < -0.3 is 20.9 Å². The number of aryl methyl sites for hydroxylation is 1. The molecule has 2 heterocycles. The highest BCUT2D eigenvalue weighted by molar-refractivity contribution is 7.88. The highest BCUT2D eigenvalue weighted by Crippen LogP contribution is 2.39. The molecule has 0 radical (unpaired) electrons. The van der Waals surface area contributed by atoms with Crippen LogP contribution in [0.25, 0.3) is 0 Å². The van der Waals surface area contributed by atoms with Crippen molar-refractivity contribution in [3.05, 3.63) is 35.4 Å². The van der Waals surface area contributed by atoms with Gasteiger partial charge in [-0.3, -0.25) is 14.4 Å². The van der Waals surface area contributed by atoms with E-state index >= 15 is 0 Å². The summed E-state index contributed by atoms with van der Waals surface area (Å²) in [6, 6.07) is 5.82. The highest BCUT2D eigenvalue weighted by atomic mass is 32.2. The second kappa shape index (κ2) is 12.4.